The SMILES string of the molecule is c1cncc(CN2CCC3CNCCC32)c1. The molecule has 3 heteroatoms. The van der Waals surface area contributed by atoms with Crippen molar-refractivity contribution in [2.75, 3.05) is 19.6 Å². The van der Waals surface area contributed by atoms with Gasteiger partial charge in [0.15, 0.2) is 0 Å². The van der Waals surface area contributed by atoms with Gasteiger partial charge in [-0.1, -0.05) is 6.07 Å². The lowest BCUT2D eigenvalue weighted by molar-refractivity contribution is 0.184. The molecule has 1 N–H and O–H groups in total. The Labute approximate surface area is 96.9 Å². The predicted molar refractivity (Wildman–Crippen MR) is 64.0 cm³/mol. The first-order valence-electron chi connectivity index (χ1n) is 6.27. The van der Waals surface area contributed by atoms with Crippen LogP contribution in [-0.4, -0.2) is 35.6 Å². The van der Waals surface area contributed by atoms with E-state index in [1.807, 2.05) is 18.5 Å². The average Bonchev–Trinajstić information content (AvgIpc) is 2.74. The van der Waals surface area contributed by atoms with Gasteiger partial charge < -0.3 is 5.32 Å². The molecule has 16 heavy (non-hydrogen) atoms. The fourth-order valence-corrected chi connectivity index (χ4v) is 3.10. The highest BCUT2D eigenvalue weighted by Gasteiger charge is 2.35. The van der Waals surface area contributed by atoms with Crippen LogP contribution in [0.2, 0.25) is 0 Å². The number of pyridine rings is 1. The molecule has 1 aromatic heterocycles. The maximum Gasteiger partial charge on any atom is 0.0312 e. The van der Waals surface area contributed by atoms with E-state index >= 15 is 0 Å². The summed E-state index contributed by atoms with van der Waals surface area (Å²) in [5, 5.41) is 3.50. The largest absolute Gasteiger partial charge is 0.316 e. The molecule has 3 rings (SSSR count). The summed E-state index contributed by atoms with van der Waals surface area (Å²) in [5.41, 5.74) is 1.35. The summed E-state index contributed by atoms with van der Waals surface area (Å²) in [6.07, 6.45) is 6.51. The summed E-state index contributed by atoms with van der Waals surface area (Å²) in [7, 11) is 0. The molecule has 3 nitrogen and oxygen atoms in total. The van der Waals surface area contributed by atoms with Gasteiger partial charge in [-0.2, -0.15) is 0 Å². The fourth-order valence-electron chi connectivity index (χ4n) is 3.10. The summed E-state index contributed by atoms with van der Waals surface area (Å²) in [5.74, 6) is 0.880. The molecule has 2 atom stereocenters. The minimum atomic E-state index is 0.807. The second-order valence-corrected chi connectivity index (χ2v) is 4.94. The Kier molecular flexibility index (Phi) is 2.89. The normalized spacial score (nSPS) is 30.2. The number of aromatic nitrogens is 1. The first kappa shape index (κ1) is 10.2. The van der Waals surface area contributed by atoms with Crippen molar-refractivity contribution >= 4 is 0 Å². The van der Waals surface area contributed by atoms with Crippen molar-refractivity contribution in [1.82, 2.24) is 15.2 Å². The Morgan fingerprint density at radius 1 is 1.44 bits per heavy atom. The molecule has 2 unspecified atom stereocenters. The van der Waals surface area contributed by atoms with E-state index in [4.69, 9.17) is 0 Å². The predicted octanol–water partition coefficient (Wildman–Crippen LogP) is 1.27. The third kappa shape index (κ3) is 1.97. The van der Waals surface area contributed by atoms with E-state index in [9.17, 15) is 0 Å². The molecular weight excluding hydrogens is 198 g/mol. The highest BCUT2D eigenvalue weighted by Crippen LogP contribution is 2.29. The van der Waals surface area contributed by atoms with E-state index in [1.165, 1.54) is 38.0 Å². The van der Waals surface area contributed by atoms with Gasteiger partial charge in [0, 0.05) is 25.0 Å². The molecule has 2 fully saturated rings. The number of nitrogens with one attached hydrogen (secondary N) is 1. The lowest BCUT2D eigenvalue weighted by atomic mass is 9.94. The van der Waals surface area contributed by atoms with E-state index in [-0.39, 0.29) is 0 Å². The summed E-state index contributed by atoms with van der Waals surface area (Å²) in [6, 6.07) is 5.02. The summed E-state index contributed by atoms with van der Waals surface area (Å²) in [4.78, 5) is 6.83. The number of hydrogen-bond donors (Lipinski definition) is 1. The van der Waals surface area contributed by atoms with Gasteiger partial charge in [0.2, 0.25) is 0 Å². The van der Waals surface area contributed by atoms with Crippen molar-refractivity contribution in [3.63, 3.8) is 0 Å². The van der Waals surface area contributed by atoms with Gasteiger partial charge >= 0.3 is 0 Å². The van der Waals surface area contributed by atoms with E-state index in [0.717, 1.165) is 18.5 Å². The smallest absolute Gasteiger partial charge is 0.0312 e. The van der Waals surface area contributed by atoms with Gasteiger partial charge in [0.1, 0.15) is 0 Å². The number of hydrogen-bond acceptors (Lipinski definition) is 3. The van der Waals surface area contributed by atoms with Crippen LogP contribution < -0.4 is 5.32 Å². The molecule has 1 aromatic rings. The van der Waals surface area contributed by atoms with Gasteiger partial charge in [-0.15, -0.1) is 0 Å². The zero-order valence-corrected chi connectivity index (χ0v) is 9.60. The van der Waals surface area contributed by atoms with Crippen molar-refractivity contribution < 1.29 is 0 Å². The van der Waals surface area contributed by atoms with Crippen molar-refractivity contribution in [2.45, 2.75) is 25.4 Å². The summed E-state index contributed by atoms with van der Waals surface area (Å²) in [6.45, 7) is 4.74. The standard InChI is InChI=1S/C13H19N3/c1-2-11(8-14-5-1)10-16-7-4-12-9-15-6-3-13(12)16/h1-2,5,8,12-13,15H,3-4,6-7,9-10H2. The van der Waals surface area contributed by atoms with Crippen LogP contribution in [0.5, 0.6) is 0 Å². The molecule has 3 heterocycles. The second kappa shape index (κ2) is 4.52. The van der Waals surface area contributed by atoms with Crippen molar-refractivity contribution in [2.24, 2.45) is 5.92 Å². The summed E-state index contributed by atoms with van der Waals surface area (Å²) >= 11 is 0. The lowest BCUT2D eigenvalue weighted by Crippen LogP contribution is -2.43. The lowest BCUT2D eigenvalue weighted by Gasteiger charge is -2.32. The van der Waals surface area contributed by atoms with Crippen molar-refractivity contribution in [1.29, 1.82) is 0 Å². The average molecular weight is 217 g/mol. The second-order valence-electron chi connectivity index (χ2n) is 4.94. The van der Waals surface area contributed by atoms with Crippen LogP contribution in [0.1, 0.15) is 18.4 Å². The third-order valence-corrected chi connectivity index (χ3v) is 3.93. The zero-order chi connectivity index (χ0) is 10.8. The van der Waals surface area contributed by atoms with Gasteiger partial charge in [-0.05, 0) is 50.0 Å². The Morgan fingerprint density at radius 2 is 2.44 bits per heavy atom. The Bertz CT molecular complexity index is 338. The minimum absolute atomic E-state index is 0.807. The van der Waals surface area contributed by atoms with Crippen LogP contribution in [0.15, 0.2) is 24.5 Å². The fraction of sp³-hybridized carbons (Fsp3) is 0.615. The molecule has 0 bridgehead atoms. The molecule has 0 spiro atoms. The topological polar surface area (TPSA) is 28.2 Å². The minimum Gasteiger partial charge on any atom is -0.316 e. The van der Waals surface area contributed by atoms with Gasteiger partial charge in [0.05, 0.1) is 0 Å². The van der Waals surface area contributed by atoms with Crippen LogP contribution in [0.25, 0.3) is 0 Å². The van der Waals surface area contributed by atoms with Gasteiger partial charge in [0.25, 0.3) is 0 Å². The molecule has 2 aliphatic heterocycles. The molecule has 86 valence electrons. The van der Waals surface area contributed by atoms with Crippen molar-refractivity contribution in [3.05, 3.63) is 30.1 Å². The molecule has 2 saturated heterocycles. The zero-order valence-electron chi connectivity index (χ0n) is 9.60. The Morgan fingerprint density at radius 3 is 3.31 bits per heavy atom. The van der Waals surface area contributed by atoms with E-state index in [2.05, 4.69) is 21.3 Å². The quantitative estimate of drug-likeness (QED) is 0.808. The van der Waals surface area contributed by atoms with Crippen LogP contribution in [-0.2, 0) is 6.54 Å². The number of rotatable bonds is 2. The van der Waals surface area contributed by atoms with Crippen LogP contribution in [0, 0.1) is 5.92 Å². The van der Waals surface area contributed by atoms with Crippen LogP contribution in [0.4, 0.5) is 0 Å². The molecule has 0 radical (unpaired) electrons. The molecule has 0 aliphatic carbocycles. The number of nitrogens with zero attached hydrogens (tertiary/aromatic N) is 2. The highest BCUT2D eigenvalue weighted by molar-refractivity contribution is 5.09. The molecular formula is C13H19N3. The first-order valence-corrected chi connectivity index (χ1v) is 6.27. The van der Waals surface area contributed by atoms with E-state index < -0.39 is 0 Å². The van der Waals surface area contributed by atoms with Crippen molar-refractivity contribution in [3.8, 4) is 0 Å². The molecule has 2 aliphatic rings. The van der Waals surface area contributed by atoms with Crippen LogP contribution >= 0.6 is 0 Å². The molecule has 0 aromatic carbocycles. The molecule has 0 saturated carbocycles. The Hall–Kier alpha value is -0.930. The maximum atomic E-state index is 4.19. The van der Waals surface area contributed by atoms with Gasteiger partial charge in [-0.25, -0.2) is 0 Å². The molecule has 0 amide bonds. The number of likely N-dealkylation sites (tertiary alicyclic amines) is 1. The highest BCUT2D eigenvalue weighted by atomic mass is 15.2. The maximum absolute atomic E-state index is 4.19. The van der Waals surface area contributed by atoms with E-state index in [0.29, 0.717) is 0 Å². The van der Waals surface area contributed by atoms with E-state index in [1.54, 1.807) is 0 Å². The van der Waals surface area contributed by atoms with Crippen LogP contribution in [0.3, 0.4) is 0 Å². The number of fused-ring (bicyclic) bond motifs is 1. The number of piperidine rings is 1. The monoisotopic (exact) mass is 217 g/mol. The Balaban J connectivity index is 1.67. The first-order chi connectivity index (χ1) is 7.93. The summed E-state index contributed by atoms with van der Waals surface area (Å²) < 4.78 is 0. The van der Waals surface area contributed by atoms with Gasteiger partial charge in [-0.3, -0.25) is 9.88 Å². The third-order valence-electron chi connectivity index (χ3n) is 3.93.